The quantitative estimate of drug-likeness (QED) is 0.822. The van der Waals surface area contributed by atoms with Crippen LogP contribution in [0.15, 0.2) is 0 Å². The van der Waals surface area contributed by atoms with Crippen molar-refractivity contribution in [3.8, 4) is 0 Å². The fraction of sp³-hybridized carbons (Fsp3) is 0.923. The Morgan fingerprint density at radius 1 is 1.47 bits per heavy atom. The Bertz CT molecular complexity index is 244. The van der Waals surface area contributed by atoms with Crippen LogP contribution in [0.2, 0.25) is 0 Å². The number of nitrogens with zero attached hydrogens (tertiary/aromatic N) is 1. The zero-order chi connectivity index (χ0) is 12.8. The predicted molar refractivity (Wildman–Crippen MR) is 69.1 cm³/mol. The highest BCUT2D eigenvalue weighted by Crippen LogP contribution is 2.22. The number of hydrogen-bond acceptors (Lipinski definition) is 3. The predicted octanol–water partition coefficient (Wildman–Crippen LogP) is 2.24. The van der Waals surface area contributed by atoms with E-state index < -0.39 is 0 Å². The largest absolute Gasteiger partial charge is 0.453 e. The van der Waals surface area contributed by atoms with Gasteiger partial charge in [0, 0.05) is 25.2 Å². The summed E-state index contributed by atoms with van der Waals surface area (Å²) in [5.41, 5.74) is 0. The number of carbonyl (C=O) groups is 1. The lowest BCUT2D eigenvalue weighted by Gasteiger charge is -2.40. The van der Waals surface area contributed by atoms with Crippen LogP contribution in [0.5, 0.6) is 0 Å². The van der Waals surface area contributed by atoms with Crippen molar-refractivity contribution in [2.45, 2.75) is 52.1 Å². The Morgan fingerprint density at radius 2 is 2.18 bits per heavy atom. The molecule has 0 aliphatic carbocycles. The Kier molecular flexibility index (Phi) is 5.75. The summed E-state index contributed by atoms with van der Waals surface area (Å²) in [5.74, 6) is 0.693. The monoisotopic (exact) mass is 242 g/mol. The molecule has 0 aromatic rings. The van der Waals surface area contributed by atoms with Crippen LogP contribution in [-0.2, 0) is 4.74 Å². The van der Waals surface area contributed by atoms with Gasteiger partial charge in [-0.3, -0.25) is 4.90 Å². The van der Waals surface area contributed by atoms with Gasteiger partial charge in [0.05, 0.1) is 7.11 Å². The lowest BCUT2D eigenvalue weighted by molar-refractivity contribution is 0.100. The number of nitrogens with one attached hydrogen (secondary N) is 1. The molecule has 0 aromatic heterocycles. The smallest absolute Gasteiger partial charge is 0.407 e. The lowest BCUT2D eigenvalue weighted by Crippen LogP contribution is -2.52. The van der Waals surface area contributed by atoms with E-state index in [2.05, 4.69) is 35.7 Å². The van der Waals surface area contributed by atoms with Gasteiger partial charge in [-0.1, -0.05) is 13.3 Å². The van der Waals surface area contributed by atoms with Crippen molar-refractivity contribution in [1.29, 1.82) is 0 Å². The summed E-state index contributed by atoms with van der Waals surface area (Å²) < 4.78 is 4.68. The molecule has 0 aromatic carbocycles. The van der Waals surface area contributed by atoms with Crippen molar-refractivity contribution in [3.05, 3.63) is 0 Å². The van der Waals surface area contributed by atoms with E-state index in [-0.39, 0.29) is 12.1 Å². The molecule has 1 fully saturated rings. The van der Waals surface area contributed by atoms with Crippen molar-refractivity contribution >= 4 is 6.09 Å². The summed E-state index contributed by atoms with van der Waals surface area (Å²) in [6, 6.07) is 0.770. The number of ether oxygens (including phenoxy) is 1. The van der Waals surface area contributed by atoms with Gasteiger partial charge >= 0.3 is 6.09 Å². The lowest BCUT2D eigenvalue weighted by atomic mass is 9.90. The molecule has 1 aliphatic rings. The second-order valence-corrected chi connectivity index (χ2v) is 5.27. The molecule has 1 saturated heterocycles. The molecule has 4 nitrogen and oxygen atoms in total. The van der Waals surface area contributed by atoms with E-state index in [4.69, 9.17) is 0 Å². The first-order valence-corrected chi connectivity index (χ1v) is 6.65. The van der Waals surface area contributed by atoms with Crippen molar-refractivity contribution in [3.63, 3.8) is 0 Å². The van der Waals surface area contributed by atoms with Crippen LogP contribution in [0.25, 0.3) is 0 Å². The molecule has 2 unspecified atom stereocenters. The molecule has 0 saturated carbocycles. The zero-order valence-corrected chi connectivity index (χ0v) is 11.5. The highest BCUT2D eigenvalue weighted by Gasteiger charge is 2.28. The minimum atomic E-state index is -0.309. The summed E-state index contributed by atoms with van der Waals surface area (Å²) in [5, 5.41) is 2.94. The number of methoxy groups -OCH3 is 1. The number of likely N-dealkylation sites (tertiary alicyclic amines) is 1. The van der Waals surface area contributed by atoms with Gasteiger partial charge in [-0.15, -0.1) is 0 Å². The van der Waals surface area contributed by atoms with Gasteiger partial charge in [0.1, 0.15) is 0 Å². The third-order valence-corrected chi connectivity index (χ3v) is 3.50. The van der Waals surface area contributed by atoms with Crippen LogP contribution in [-0.4, -0.2) is 43.3 Å². The second-order valence-electron chi connectivity index (χ2n) is 5.27. The maximum Gasteiger partial charge on any atom is 0.407 e. The van der Waals surface area contributed by atoms with Crippen molar-refractivity contribution in [1.82, 2.24) is 10.2 Å². The third kappa shape index (κ3) is 4.54. The van der Waals surface area contributed by atoms with Crippen molar-refractivity contribution in [2.75, 3.05) is 20.2 Å². The van der Waals surface area contributed by atoms with Crippen molar-refractivity contribution < 1.29 is 9.53 Å². The van der Waals surface area contributed by atoms with E-state index in [9.17, 15) is 4.79 Å². The number of hydrogen-bond donors (Lipinski definition) is 1. The van der Waals surface area contributed by atoms with Crippen LogP contribution in [0.3, 0.4) is 0 Å². The molecule has 1 heterocycles. The van der Waals surface area contributed by atoms with Crippen LogP contribution in [0.1, 0.15) is 40.0 Å². The minimum Gasteiger partial charge on any atom is -0.453 e. The first-order chi connectivity index (χ1) is 8.06. The number of alkyl carbamates (subject to hydrolysis) is 1. The molecule has 2 atom stereocenters. The topological polar surface area (TPSA) is 41.6 Å². The zero-order valence-electron chi connectivity index (χ0n) is 11.5. The van der Waals surface area contributed by atoms with Gasteiger partial charge in [-0.25, -0.2) is 4.79 Å². The Balaban J connectivity index is 2.55. The summed E-state index contributed by atoms with van der Waals surface area (Å²) in [6.45, 7) is 8.74. The van der Waals surface area contributed by atoms with Crippen LogP contribution in [0.4, 0.5) is 4.79 Å². The van der Waals surface area contributed by atoms with Crippen LogP contribution >= 0.6 is 0 Å². The SMILES string of the molecule is CCCC1CC(NC(=O)OC)CN(C(C)C)C1. The summed E-state index contributed by atoms with van der Waals surface area (Å²) in [6.07, 6.45) is 3.21. The normalized spacial score (nSPS) is 25.9. The van der Waals surface area contributed by atoms with Crippen molar-refractivity contribution in [2.24, 2.45) is 5.92 Å². The molecule has 1 aliphatic heterocycles. The highest BCUT2D eigenvalue weighted by atomic mass is 16.5. The molecule has 1 N–H and O–H groups in total. The maximum absolute atomic E-state index is 11.3. The van der Waals surface area contributed by atoms with E-state index in [1.165, 1.54) is 20.0 Å². The molecule has 0 spiro atoms. The number of carbonyl (C=O) groups excluding carboxylic acids is 1. The van der Waals surface area contributed by atoms with E-state index in [1.54, 1.807) is 0 Å². The fourth-order valence-electron chi connectivity index (χ4n) is 2.61. The van der Waals surface area contributed by atoms with E-state index >= 15 is 0 Å². The summed E-state index contributed by atoms with van der Waals surface area (Å²) in [7, 11) is 1.42. The first kappa shape index (κ1) is 14.3. The Morgan fingerprint density at radius 3 is 2.71 bits per heavy atom. The first-order valence-electron chi connectivity index (χ1n) is 6.65. The van der Waals surface area contributed by atoms with Gasteiger partial charge < -0.3 is 10.1 Å². The van der Waals surface area contributed by atoms with E-state index in [1.807, 2.05) is 0 Å². The maximum atomic E-state index is 11.3. The molecular formula is C13H26N2O2. The van der Waals surface area contributed by atoms with Crippen LogP contribution in [0, 0.1) is 5.92 Å². The molecule has 1 rings (SSSR count). The number of piperidine rings is 1. The van der Waals surface area contributed by atoms with Gasteiger partial charge in [-0.2, -0.15) is 0 Å². The summed E-state index contributed by atoms with van der Waals surface area (Å²) in [4.78, 5) is 13.7. The average Bonchev–Trinajstić information content (AvgIpc) is 2.29. The molecule has 4 heteroatoms. The average molecular weight is 242 g/mol. The van der Waals surface area contributed by atoms with E-state index in [0.717, 1.165) is 19.5 Å². The minimum absolute atomic E-state index is 0.232. The molecule has 0 bridgehead atoms. The molecular weight excluding hydrogens is 216 g/mol. The second kappa shape index (κ2) is 6.84. The third-order valence-electron chi connectivity index (χ3n) is 3.50. The van der Waals surface area contributed by atoms with Gasteiger partial charge in [0.2, 0.25) is 0 Å². The van der Waals surface area contributed by atoms with E-state index in [0.29, 0.717) is 12.0 Å². The number of amides is 1. The molecule has 17 heavy (non-hydrogen) atoms. The van der Waals surface area contributed by atoms with Gasteiger partial charge in [-0.05, 0) is 32.6 Å². The standard InChI is InChI=1S/C13H26N2O2/c1-5-6-11-7-12(14-13(16)17-4)9-15(8-11)10(2)3/h10-12H,5-9H2,1-4H3,(H,14,16). The Labute approximate surface area is 105 Å². The highest BCUT2D eigenvalue weighted by molar-refractivity contribution is 5.67. The molecule has 1 amide bonds. The van der Waals surface area contributed by atoms with Crippen LogP contribution < -0.4 is 5.32 Å². The summed E-state index contributed by atoms with van der Waals surface area (Å²) >= 11 is 0. The fourth-order valence-corrected chi connectivity index (χ4v) is 2.61. The van der Waals surface area contributed by atoms with Gasteiger partial charge in [0.15, 0.2) is 0 Å². The molecule has 100 valence electrons. The number of rotatable bonds is 4. The van der Waals surface area contributed by atoms with Gasteiger partial charge in [0.25, 0.3) is 0 Å². The molecule has 0 radical (unpaired) electrons. The Hall–Kier alpha value is -0.770.